The largest absolute Gasteiger partial charge is 0.457 e. The monoisotopic (exact) mass is 390 g/mol. The van der Waals surface area contributed by atoms with Crippen LogP contribution in [0.15, 0.2) is 67.0 Å². The summed E-state index contributed by atoms with van der Waals surface area (Å²) in [5, 5.41) is 0. The van der Waals surface area contributed by atoms with Crippen LogP contribution in [0.2, 0.25) is 0 Å². The van der Waals surface area contributed by atoms with Gasteiger partial charge in [-0.25, -0.2) is 9.97 Å². The van der Waals surface area contributed by atoms with Gasteiger partial charge in [-0.2, -0.15) is 0 Å². The summed E-state index contributed by atoms with van der Waals surface area (Å²) >= 11 is 2.15. The molecule has 0 N–H and O–H groups in total. The molecular formula is C16H11IN2O2. The predicted octanol–water partition coefficient (Wildman–Crippen LogP) is 4.67. The van der Waals surface area contributed by atoms with Gasteiger partial charge in [0.05, 0.1) is 0 Å². The maximum atomic E-state index is 5.71. The van der Waals surface area contributed by atoms with Crippen molar-refractivity contribution in [3.05, 3.63) is 70.6 Å². The molecule has 0 unspecified atom stereocenters. The maximum absolute atomic E-state index is 5.71. The summed E-state index contributed by atoms with van der Waals surface area (Å²) in [6, 6.07) is 17.3. The molecule has 3 rings (SSSR count). The SMILES string of the molecule is Ic1cnc(Oc2ccc(Oc3ccccc3)cc2)nc1. The average Bonchev–Trinajstić information content (AvgIpc) is 2.53. The van der Waals surface area contributed by atoms with Gasteiger partial charge in [0.2, 0.25) is 0 Å². The van der Waals surface area contributed by atoms with Crippen molar-refractivity contribution in [3.8, 4) is 23.3 Å². The summed E-state index contributed by atoms with van der Waals surface area (Å²) in [6.07, 6.45) is 3.41. The number of hydrogen-bond donors (Lipinski definition) is 0. The van der Waals surface area contributed by atoms with Crippen molar-refractivity contribution < 1.29 is 9.47 Å². The summed E-state index contributed by atoms with van der Waals surface area (Å²) in [6.45, 7) is 0. The third-order valence-corrected chi connectivity index (χ3v) is 3.17. The molecule has 0 radical (unpaired) electrons. The molecule has 0 aliphatic carbocycles. The van der Waals surface area contributed by atoms with Crippen molar-refractivity contribution in [2.75, 3.05) is 0 Å². The third-order valence-electron chi connectivity index (χ3n) is 2.61. The van der Waals surface area contributed by atoms with E-state index in [0.29, 0.717) is 11.8 Å². The van der Waals surface area contributed by atoms with Crippen LogP contribution < -0.4 is 9.47 Å². The van der Waals surface area contributed by atoms with Gasteiger partial charge in [0.25, 0.3) is 0 Å². The molecule has 0 amide bonds. The van der Waals surface area contributed by atoms with Gasteiger partial charge in [0.1, 0.15) is 17.2 Å². The van der Waals surface area contributed by atoms with E-state index in [1.807, 2.05) is 54.6 Å². The molecule has 0 saturated carbocycles. The van der Waals surface area contributed by atoms with Crippen LogP contribution in [-0.4, -0.2) is 9.97 Å². The van der Waals surface area contributed by atoms with E-state index in [9.17, 15) is 0 Å². The Morgan fingerprint density at radius 3 is 1.81 bits per heavy atom. The topological polar surface area (TPSA) is 44.2 Å². The van der Waals surface area contributed by atoms with E-state index >= 15 is 0 Å². The molecule has 4 nitrogen and oxygen atoms in total. The average molecular weight is 390 g/mol. The number of para-hydroxylation sites is 1. The predicted molar refractivity (Wildman–Crippen MR) is 87.8 cm³/mol. The number of aromatic nitrogens is 2. The third kappa shape index (κ3) is 3.91. The number of benzene rings is 2. The first-order valence-electron chi connectivity index (χ1n) is 6.28. The molecule has 0 bridgehead atoms. The molecule has 104 valence electrons. The van der Waals surface area contributed by atoms with E-state index in [1.54, 1.807) is 12.4 Å². The van der Waals surface area contributed by atoms with E-state index < -0.39 is 0 Å². The van der Waals surface area contributed by atoms with Crippen molar-refractivity contribution in [1.29, 1.82) is 0 Å². The summed E-state index contributed by atoms with van der Waals surface area (Å²) in [5.74, 6) is 2.21. The van der Waals surface area contributed by atoms with Gasteiger partial charge in [0.15, 0.2) is 0 Å². The molecule has 0 saturated heterocycles. The Hall–Kier alpha value is -2.15. The van der Waals surface area contributed by atoms with E-state index in [-0.39, 0.29) is 0 Å². The van der Waals surface area contributed by atoms with Crippen LogP contribution in [0.3, 0.4) is 0 Å². The molecule has 1 aromatic heterocycles. The summed E-state index contributed by atoms with van der Waals surface area (Å²) in [5.41, 5.74) is 0. The molecule has 0 fully saturated rings. The van der Waals surface area contributed by atoms with Gasteiger partial charge in [-0.1, -0.05) is 18.2 Å². The van der Waals surface area contributed by atoms with Gasteiger partial charge in [-0.3, -0.25) is 0 Å². The van der Waals surface area contributed by atoms with Crippen LogP contribution in [-0.2, 0) is 0 Å². The highest BCUT2D eigenvalue weighted by Crippen LogP contribution is 2.25. The highest BCUT2D eigenvalue weighted by Gasteiger charge is 2.01. The molecule has 0 aliphatic heterocycles. The minimum Gasteiger partial charge on any atom is -0.457 e. The Morgan fingerprint density at radius 1 is 0.667 bits per heavy atom. The Morgan fingerprint density at radius 2 is 1.19 bits per heavy atom. The zero-order valence-corrected chi connectivity index (χ0v) is 13.1. The lowest BCUT2D eigenvalue weighted by molar-refractivity contribution is 0.438. The van der Waals surface area contributed by atoms with E-state index in [2.05, 4.69) is 32.6 Å². The van der Waals surface area contributed by atoms with Crippen molar-refractivity contribution in [2.24, 2.45) is 0 Å². The molecule has 1 heterocycles. The fraction of sp³-hybridized carbons (Fsp3) is 0. The van der Waals surface area contributed by atoms with Crippen LogP contribution >= 0.6 is 22.6 Å². The number of rotatable bonds is 4. The Bertz CT molecular complexity index is 701. The van der Waals surface area contributed by atoms with Gasteiger partial charge >= 0.3 is 6.01 Å². The smallest absolute Gasteiger partial charge is 0.321 e. The lowest BCUT2D eigenvalue weighted by Crippen LogP contribution is -1.91. The molecule has 5 heteroatoms. The maximum Gasteiger partial charge on any atom is 0.321 e. The minimum atomic E-state index is 0.326. The highest BCUT2D eigenvalue weighted by atomic mass is 127. The standard InChI is InChI=1S/C16H11IN2O2/c17-12-10-18-16(19-11-12)21-15-8-6-14(7-9-15)20-13-4-2-1-3-5-13/h1-11H. The fourth-order valence-electron chi connectivity index (χ4n) is 1.66. The van der Waals surface area contributed by atoms with Gasteiger partial charge in [-0.05, 0) is 59.0 Å². The Balaban J connectivity index is 1.68. The second kappa shape index (κ2) is 6.53. The minimum absolute atomic E-state index is 0.326. The first kappa shape index (κ1) is 13.8. The second-order valence-corrected chi connectivity index (χ2v) is 5.42. The lowest BCUT2D eigenvalue weighted by atomic mass is 10.3. The van der Waals surface area contributed by atoms with Crippen LogP contribution in [0.1, 0.15) is 0 Å². The van der Waals surface area contributed by atoms with Crippen LogP contribution in [0.5, 0.6) is 23.3 Å². The van der Waals surface area contributed by atoms with Gasteiger partial charge < -0.3 is 9.47 Å². The number of nitrogens with zero attached hydrogens (tertiary/aromatic N) is 2. The number of hydrogen-bond acceptors (Lipinski definition) is 4. The second-order valence-electron chi connectivity index (χ2n) is 4.17. The van der Waals surface area contributed by atoms with Crippen LogP contribution in [0, 0.1) is 3.57 Å². The van der Waals surface area contributed by atoms with Crippen LogP contribution in [0.4, 0.5) is 0 Å². The van der Waals surface area contributed by atoms with Crippen LogP contribution in [0.25, 0.3) is 0 Å². The fourth-order valence-corrected chi connectivity index (χ4v) is 1.94. The zero-order valence-electron chi connectivity index (χ0n) is 10.9. The summed E-state index contributed by atoms with van der Waals surface area (Å²) in [7, 11) is 0. The van der Waals surface area contributed by atoms with Crippen molar-refractivity contribution >= 4 is 22.6 Å². The quantitative estimate of drug-likeness (QED) is 0.608. The Kier molecular flexibility index (Phi) is 4.30. The molecule has 0 atom stereocenters. The summed E-state index contributed by atoms with van der Waals surface area (Å²) in [4.78, 5) is 8.18. The van der Waals surface area contributed by atoms with E-state index in [0.717, 1.165) is 15.1 Å². The Labute approximate surface area is 135 Å². The van der Waals surface area contributed by atoms with E-state index in [1.165, 1.54) is 0 Å². The first-order valence-corrected chi connectivity index (χ1v) is 7.36. The van der Waals surface area contributed by atoms with Gasteiger partial charge in [0, 0.05) is 16.0 Å². The molecule has 0 spiro atoms. The molecule has 3 aromatic rings. The van der Waals surface area contributed by atoms with Crippen molar-refractivity contribution in [3.63, 3.8) is 0 Å². The van der Waals surface area contributed by atoms with Crippen molar-refractivity contribution in [2.45, 2.75) is 0 Å². The number of halogens is 1. The number of ether oxygens (including phenoxy) is 2. The molecule has 2 aromatic carbocycles. The normalized spacial score (nSPS) is 10.1. The van der Waals surface area contributed by atoms with E-state index in [4.69, 9.17) is 9.47 Å². The van der Waals surface area contributed by atoms with Gasteiger partial charge in [-0.15, -0.1) is 0 Å². The highest BCUT2D eigenvalue weighted by molar-refractivity contribution is 14.1. The molecule has 0 aliphatic rings. The first-order chi connectivity index (χ1) is 10.3. The summed E-state index contributed by atoms with van der Waals surface area (Å²) < 4.78 is 12.2. The molecule has 21 heavy (non-hydrogen) atoms. The van der Waals surface area contributed by atoms with Crippen molar-refractivity contribution in [1.82, 2.24) is 9.97 Å². The molecular weight excluding hydrogens is 379 g/mol. The lowest BCUT2D eigenvalue weighted by Gasteiger charge is -2.07. The zero-order chi connectivity index (χ0) is 14.5.